The van der Waals surface area contributed by atoms with Gasteiger partial charge in [-0.1, -0.05) is 31.4 Å². The van der Waals surface area contributed by atoms with Gasteiger partial charge in [0.05, 0.1) is 0 Å². The Morgan fingerprint density at radius 3 is 2.67 bits per heavy atom. The Morgan fingerprint density at radius 2 is 1.94 bits per heavy atom. The molecule has 36 heavy (non-hydrogen) atoms. The van der Waals surface area contributed by atoms with Crippen LogP contribution in [0.4, 0.5) is 0 Å². The Balaban J connectivity index is 1.24. The van der Waals surface area contributed by atoms with Gasteiger partial charge in [-0.2, -0.15) is 0 Å². The van der Waals surface area contributed by atoms with Crippen molar-refractivity contribution in [3.8, 4) is 0 Å². The first-order chi connectivity index (χ1) is 17.4. The van der Waals surface area contributed by atoms with Crippen molar-refractivity contribution in [2.24, 2.45) is 10.9 Å². The van der Waals surface area contributed by atoms with Gasteiger partial charge in [-0.05, 0) is 49.5 Å². The zero-order valence-corrected chi connectivity index (χ0v) is 21.9. The third kappa shape index (κ3) is 4.91. The van der Waals surface area contributed by atoms with Gasteiger partial charge in [0.15, 0.2) is 0 Å². The molecule has 3 heterocycles. The van der Waals surface area contributed by atoms with Crippen LogP contribution in [0.3, 0.4) is 0 Å². The van der Waals surface area contributed by atoms with Crippen molar-refractivity contribution >= 4 is 45.6 Å². The Kier molecular flexibility index (Phi) is 7.12. The number of likely N-dealkylation sites (N-methyl/N-ethyl adjacent to an activating group) is 1. The minimum Gasteiger partial charge on any atom is -0.347 e. The summed E-state index contributed by atoms with van der Waals surface area (Å²) in [6.07, 6.45) is 10.9. The fourth-order valence-corrected chi connectivity index (χ4v) is 6.50. The van der Waals surface area contributed by atoms with E-state index in [0.29, 0.717) is 31.8 Å². The molecule has 3 aliphatic rings. The molecule has 1 saturated heterocycles. The number of amidine groups is 1. The standard InChI is InChI=1S/C27H35N5O3S/c1-30(2)24(33)19-31-15-11-22-20(9-6-10-23(22)31)12-18-36(35)32-16-13-27(14-17-32)26(34)28-25(29-27)21-7-4-3-5-8-21/h6,9-12,15,18,21H,3-5,7-8,13-14,16-17,19H2,1-2H3,(H,28,29,34)/b18-12+. The summed E-state index contributed by atoms with van der Waals surface area (Å²) in [6.45, 7) is 1.42. The molecule has 0 bridgehead atoms. The van der Waals surface area contributed by atoms with Crippen LogP contribution in [0.1, 0.15) is 50.5 Å². The number of hydrogen-bond donors (Lipinski definition) is 1. The van der Waals surface area contributed by atoms with E-state index in [4.69, 9.17) is 4.99 Å². The Labute approximate surface area is 215 Å². The van der Waals surface area contributed by atoms with Crippen molar-refractivity contribution in [2.45, 2.75) is 57.0 Å². The van der Waals surface area contributed by atoms with Crippen LogP contribution in [0.15, 0.2) is 40.9 Å². The molecule has 0 radical (unpaired) electrons. The Hall–Kier alpha value is -2.78. The maximum absolute atomic E-state index is 13.1. The van der Waals surface area contributed by atoms with E-state index < -0.39 is 16.5 Å². The average molecular weight is 510 g/mol. The van der Waals surface area contributed by atoms with E-state index in [-0.39, 0.29) is 18.4 Å². The quantitative estimate of drug-likeness (QED) is 0.648. The lowest BCUT2D eigenvalue weighted by molar-refractivity contribution is -0.129. The molecule has 8 nitrogen and oxygen atoms in total. The molecule has 5 rings (SSSR count). The summed E-state index contributed by atoms with van der Waals surface area (Å²) < 4.78 is 16.9. The number of carbonyl (C=O) groups excluding carboxylic acids is 2. The lowest BCUT2D eigenvalue weighted by atomic mass is 9.88. The smallest absolute Gasteiger partial charge is 0.253 e. The highest BCUT2D eigenvalue weighted by molar-refractivity contribution is 7.85. The number of aromatic nitrogens is 1. The Bertz CT molecular complexity index is 1230. The number of fused-ring (bicyclic) bond motifs is 1. The number of benzene rings is 1. The molecule has 1 saturated carbocycles. The van der Waals surface area contributed by atoms with Crippen molar-refractivity contribution in [2.75, 3.05) is 27.2 Å². The second kappa shape index (κ2) is 10.3. The van der Waals surface area contributed by atoms with Crippen molar-refractivity contribution in [1.82, 2.24) is 19.1 Å². The highest BCUT2D eigenvalue weighted by atomic mass is 32.2. The van der Waals surface area contributed by atoms with Crippen LogP contribution in [-0.4, -0.2) is 68.4 Å². The largest absolute Gasteiger partial charge is 0.347 e. The minimum atomic E-state index is -1.29. The van der Waals surface area contributed by atoms with Crippen LogP contribution >= 0.6 is 0 Å². The second-order valence-electron chi connectivity index (χ2n) is 10.3. The molecule has 1 spiro atoms. The van der Waals surface area contributed by atoms with Crippen LogP contribution < -0.4 is 5.32 Å². The highest BCUT2D eigenvalue weighted by Crippen LogP contribution is 2.34. The summed E-state index contributed by atoms with van der Waals surface area (Å²) in [5.74, 6) is 1.33. The summed E-state index contributed by atoms with van der Waals surface area (Å²) in [7, 11) is 2.21. The first-order valence-electron chi connectivity index (χ1n) is 12.9. The van der Waals surface area contributed by atoms with Gasteiger partial charge in [0.25, 0.3) is 5.91 Å². The van der Waals surface area contributed by atoms with Gasteiger partial charge >= 0.3 is 0 Å². The number of aliphatic imine (C=N–C) groups is 1. The van der Waals surface area contributed by atoms with Crippen molar-refractivity contribution in [3.05, 3.63) is 41.4 Å². The van der Waals surface area contributed by atoms with Crippen LogP contribution in [0.2, 0.25) is 0 Å². The zero-order valence-electron chi connectivity index (χ0n) is 21.1. The van der Waals surface area contributed by atoms with E-state index in [2.05, 4.69) is 5.32 Å². The van der Waals surface area contributed by atoms with E-state index in [1.54, 1.807) is 24.4 Å². The van der Waals surface area contributed by atoms with E-state index in [9.17, 15) is 13.8 Å². The maximum Gasteiger partial charge on any atom is 0.253 e. The lowest BCUT2D eigenvalue weighted by Crippen LogP contribution is -2.49. The summed E-state index contributed by atoms with van der Waals surface area (Å²) in [6, 6.07) is 7.92. The topological polar surface area (TPSA) is 87.0 Å². The summed E-state index contributed by atoms with van der Waals surface area (Å²) >= 11 is 0. The lowest BCUT2D eigenvalue weighted by Gasteiger charge is -2.33. The molecule has 2 fully saturated rings. The molecule has 9 heteroatoms. The summed E-state index contributed by atoms with van der Waals surface area (Å²) in [5, 5.41) is 5.83. The maximum atomic E-state index is 13.1. The zero-order chi connectivity index (χ0) is 25.3. The van der Waals surface area contributed by atoms with Crippen molar-refractivity contribution < 1.29 is 13.8 Å². The van der Waals surface area contributed by atoms with E-state index in [1.807, 2.05) is 45.4 Å². The number of piperidine rings is 1. The van der Waals surface area contributed by atoms with Gasteiger partial charge in [0, 0.05) is 55.6 Å². The first kappa shape index (κ1) is 24.9. The number of nitrogens with one attached hydrogen (secondary N) is 1. The third-order valence-electron chi connectivity index (χ3n) is 7.81. The molecule has 1 aromatic carbocycles. The van der Waals surface area contributed by atoms with E-state index in [1.165, 1.54) is 19.3 Å². The predicted molar refractivity (Wildman–Crippen MR) is 143 cm³/mol. The van der Waals surface area contributed by atoms with E-state index in [0.717, 1.165) is 35.1 Å². The van der Waals surface area contributed by atoms with Gasteiger partial charge in [0.2, 0.25) is 5.91 Å². The monoisotopic (exact) mass is 509 g/mol. The van der Waals surface area contributed by atoms with Crippen LogP contribution in [-0.2, 0) is 27.1 Å². The minimum absolute atomic E-state index is 0.0213. The predicted octanol–water partition coefficient (Wildman–Crippen LogP) is 3.31. The highest BCUT2D eigenvalue weighted by Gasteiger charge is 2.47. The molecule has 1 unspecified atom stereocenters. The van der Waals surface area contributed by atoms with Gasteiger partial charge in [-0.25, -0.2) is 8.51 Å². The normalized spacial score (nSPS) is 21.7. The van der Waals surface area contributed by atoms with Gasteiger partial charge < -0.3 is 14.8 Å². The molecule has 2 aromatic rings. The number of carbonyl (C=O) groups is 2. The number of nitrogens with zero attached hydrogens (tertiary/aromatic N) is 4. The molecule has 2 amide bonds. The second-order valence-corrected chi connectivity index (χ2v) is 11.7. The summed E-state index contributed by atoms with van der Waals surface area (Å²) in [4.78, 5) is 31.5. The van der Waals surface area contributed by atoms with Gasteiger partial charge in [-0.3, -0.25) is 14.6 Å². The molecular weight excluding hydrogens is 474 g/mol. The van der Waals surface area contributed by atoms with Crippen molar-refractivity contribution in [1.29, 1.82) is 0 Å². The molecule has 1 atom stereocenters. The van der Waals surface area contributed by atoms with Crippen LogP contribution in [0.25, 0.3) is 17.0 Å². The van der Waals surface area contributed by atoms with Gasteiger partial charge in [0.1, 0.15) is 28.9 Å². The molecule has 1 N–H and O–H groups in total. The first-order valence-corrected chi connectivity index (χ1v) is 14.1. The fraction of sp³-hybridized carbons (Fsp3) is 0.519. The molecule has 1 aliphatic carbocycles. The van der Waals surface area contributed by atoms with Crippen LogP contribution in [0.5, 0.6) is 0 Å². The average Bonchev–Trinajstić information content (AvgIpc) is 3.44. The Morgan fingerprint density at radius 1 is 1.19 bits per heavy atom. The van der Waals surface area contributed by atoms with Crippen LogP contribution in [0, 0.1) is 5.92 Å². The molecule has 192 valence electrons. The number of amides is 2. The van der Waals surface area contributed by atoms with E-state index >= 15 is 0 Å². The molecular formula is C27H35N5O3S. The summed E-state index contributed by atoms with van der Waals surface area (Å²) in [5.41, 5.74) is 1.24. The number of rotatable bonds is 6. The van der Waals surface area contributed by atoms with Gasteiger partial charge in [-0.15, -0.1) is 0 Å². The number of hydrogen-bond acceptors (Lipinski definition) is 4. The molecule has 1 aromatic heterocycles. The van der Waals surface area contributed by atoms with Crippen molar-refractivity contribution in [3.63, 3.8) is 0 Å². The fourth-order valence-electron chi connectivity index (χ4n) is 5.52. The molecule has 2 aliphatic heterocycles. The third-order valence-corrected chi connectivity index (χ3v) is 9.05. The SMILES string of the molecule is CN(C)C(=O)Cn1ccc2c(/C=C/S(=O)N3CCC4(CC3)N=C(C3CCCCC3)NC4=O)cccc21.